The van der Waals surface area contributed by atoms with E-state index in [0.29, 0.717) is 18.0 Å². The highest BCUT2D eigenvalue weighted by Crippen LogP contribution is 2.60. The van der Waals surface area contributed by atoms with Gasteiger partial charge in [-0.3, -0.25) is 5.01 Å². The SMILES string of the molecule is C=C(/C(C)=N/N1C(=C)C(F)CC1c1ccccc1)C1C2CCCC21. The first-order valence-electron chi connectivity index (χ1n) is 8.99. The molecule has 0 radical (unpaired) electrons. The van der Waals surface area contributed by atoms with E-state index in [9.17, 15) is 4.39 Å². The van der Waals surface area contributed by atoms with Crippen molar-refractivity contribution >= 4 is 5.71 Å². The third-order valence-electron chi connectivity index (χ3n) is 6.10. The Labute approximate surface area is 143 Å². The van der Waals surface area contributed by atoms with Crippen LogP contribution in [0.25, 0.3) is 0 Å². The second kappa shape index (κ2) is 5.87. The first-order valence-corrected chi connectivity index (χ1v) is 8.99. The van der Waals surface area contributed by atoms with Crippen molar-refractivity contribution in [1.29, 1.82) is 0 Å². The number of allylic oxidation sites excluding steroid dienone is 2. The van der Waals surface area contributed by atoms with Crippen molar-refractivity contribution in [2.24, 2.45) is 22.9 Å². The van der Waals surface area contributed by atoms with E-state index in [1.54, 1.807) is 5.01 Å². The molecule has 2 aliphatic carbocycles. The second-order valence-corrected chi connectivity index (χ2v) is 7.46. The Kier molecular flexibility index (Phi) is 3.82. The molecule has 1 heterocycles. The number of alkyl halides is 1. The molecule has 3 aliphatic rings. The largest absolute Gasteiger partial charge is 0.259 e. The Morgan fingerprint density at radius 2 is 1.88 bits per heavy atom. The normalized spacial score (nSPS) is 35.2. The first-order chi connectivity index (χ1) is 11.6. The van der Waals surface area contributed by atoms with Crippen LogP contribution in [0.5, 0.6) is 0 Å². The Hall–Kier alpha value is -1.90. The number of fused-ring (bicyclic) bond motifs is 1. The maximum atomic E-state index is 14.3. The minimum absolute atomic E-state index is 0.0739. The molecule has 1 aliphatic heterocycles. The molecule has 3 heteroatoms. The number of rotatable bonds is 4. The van der Waals surface area contributed by atoms with Crippen molar-refractivity contribution in [1.82, 2.24) is 5.01 Å². The van der Waals surface area contributed by atoms with Gasteiger partial charge in [-0.1, -0.05) is 49.9 Å². The van der Waals surface area contributed by atoms with Crippen molar-refractivity contribution in [2.45, 2.75) is 44.8 Å². The smallest absolute Gasteiger partial charge is 0.143 e. The molecule has 4 rings (SSSR count). The molecular weight excluding hydrogens is 299 g/mol. The molecule has 4 atom stereocenters. The number of hydrazone groups is 1. The van der Waals surface area contributed by atoms with Gasteiger partial charge in [-0.15, -0.1) is 0 Å². The summed E-state index contributed by atoms with van der Waals surface area (Å²) in [5.74, 6) is 2.25. The fourth-order valence-electron chi connectivity index (χ4n) is 4.67. The fraction of sp³-hybridized carbons (Fsp3) is 0.476. The van der Waals surface area contributed by atoms with Crippen LogP contribution in [0.15, 0.2) is 59.9 Å². The molecule has 0 amide bonds. The summed E-state index contributed by atoms with van der Waals surface area (Å²) in [6, 6.07) is 9.95. The van der Waals surface area contributed by atoms with Gasteiger partial charge in [0, 0.05) is 6.42 Å². The molecule has 1 saturated heterocycles. The maximum absolute atomic E-state index is 14.3. The molecule has 0 aromatic heterocycles. The van der Waals surface area contributed by atoms with Crippen molar-refractivity contribution in [3.05, 3.63) is 60.3 Å². The fourth-order valence-corrected chi connectivity index (χ4v) is 4.67. The molecule has 2 saturated carbocycles. The molecule has 4 unspecified atom stereocenters. The van der Waals surface area contributed by atoms with Gasteiger partial charge < -0.3 is 0 Å². The van der Waals surface area contributed by atoms with Crippen LogP contribution in [0, 0.1) is 17.8 Å². The van der Waals surface area contributed by atoms with E-state index in [1.165, 1.54) is 19.3 Å². The highest BCUT2D eigenvalue weighted by atomic mass is 19.1. The van der Waals surface area contributed by atoms with E-state index >= 15 is 0 Å². The van der Waals surface area contributed by atoms with E-state index in [-0.39, 0.29) is 6.04 Å². The minimum atomic E-state index is -1.03. The van der Waals surface area contributed by atoms with Gasteiger partial charge in [0.25, 0.3) is 0 Å². The lowest BCUT2D eigenvalue weighted by atomic mass is 10.0. The van der Waals surface area contributed by atoms with Crippen molar-refractivity contribution < 1.29 is 4.39 Å². The topological polar surface area (TPSA) is 15.6 Å². The summed E-state index contributed by atoms with van der Waals surface area (Å²) in [6.07, 6.45) is 3.41. The Bertz CT molecular complexity index is 683. The van der Waals surface area contributed by atoms with Crippen LogP contribution in [0.4, 0.5) is 4.39 Å². The number of nitrogens with zero attached hydrogens (tertiary/aromatic N) is 2. The first kappa shape index (κ1) is 15.6. The van der Waals surface area contributed by atoms with Crippen LogP contribution >= 0.6 is 0 Å². The summed E-state index contributed by atoms with van der Waals surface area (Å²) in [6.45, 7) is 10.2. The molecule has 2 nitrogen and oxygen atoms in total. The third kappa shape index (κ3) is 2.51. The van der Waals surface area contributed by atoms with E-state index < -0.39 is 6.17 Å². The summed E-state index contributed by atoms with van der Waals surface area (Å²) in [7, 11) is 0. The van der Waals surface area contributed by atoms with Crippen molar-refractivity contribution in [3.8, 4) is 0 Å². The predicted molar refractivity (Wildman–Crippen MR) is 96.2 cm³/mol. The lowest BCUT2D eigenvalue weighted by Gasteiger charge is -2.23. The molecule has 1 aromatic rings. The van der Waals surface area contributed by atoms with Crippen LogP contribution in [0.1, 0.15) is 44.2 Å². The Morgan fingerprint density at radius 3 is 2.54 bits per heavy atom. The number of hydrogen-bond acceptors (Lipinski definition) is 2. The number of hydrogen-bond donors (Lipinski definition) is 0. The summed E-state index contributed by atoms with van der Waals surface area (Å²) < 4.78 is 14.3. The lowest BCUT2D eigenvalue weighted by molar-refractivity contribution is 0.314. The molecule has 3 fully saturated rings. The quantitative estimate of drug-likeness (QED) is 0.689. The third-order valence-corrected chi connectivity index (χ3v) is 6.10. The van der Waals surface area contributed by atoms with Crippen LogP contribution in [0.3, 0.4) is 0 Å². The van der Waals surface area contributed by atoms with Gasteiger partial charge in [-0.05, 0) is 48.7 Å². The molecule has 126 valence electrons. The average Bonchev–Trinajstić information content (AvgIpc) is 2.93. The summed E-state index contributed by atoms with van der Waals surface area (Å²) in [5, 5.41) is 6.55. The van der Waals surface area contributed by atoms with E-state index in [4.69, 9.17) is 5.10 Å². The highest BCUT2D eigenvalue weighted by molar-refractivity contribution is 5.98. The zero-order valence-electron chi connectivity index (χ0n) is 14.3. The standard InChI is InChI=1S/C21H25FN2/c1-13(21-17-10-7-11-18(17)21)14(2)23-24-15(3)19(22)12-20(24)16-8-5-4-6-9-16/h4-6,8-9,17-21H,1,3,7,10-12H2,2H3/b23-14+. The molecule has 1 aromatic carbocycles. The van der Waals surface area contributed by atoms with Gasteiger partial charge in [-0.2, -0.15) is 5.10 Å². The van der Waals surface area contributed by atoms with Gasteiger partial charge in [0.1, 0.15) is 6.17 Å². The van der Waals surface area contributed by atoms with Gasteiger partial charge in [0.05, 0.1) is 17.5 Å². The van der Waals surface area contributed by atoms with Gasteiger partial charge in [-0.25, -0.2) is 4.39 Å². The molecule has 0 bridgehead atoms. The monoisotopic (exact) mass is 324 g/mol. The van der Waals surface area contributed by atoms with Gasteiger partial charge in [0.2, 0.25) is 0 Å². The average molecular weight is 324 g/mol. The van der Waals surface area contributed by atoms with Gasteiger partial charge >= 0.3 is 0 Å². The molecule has 24 heavy (non-hydrogen) atoms. The molecular formula is C21H25FN2. The summed E-state index contributed by atoms with van der Waals surface area (Å²) in [4.78, 5) is 0. The lowest BCUT2D eigenvalue weighted by Crippen LogP contribution is -2.19. The van der Waals surface area contributed by atoms with Crippen LogP contribution in [-0.2, 0) is 0 Å². The predicted octanol–water partition coefficient (Wildman–Crippen LogP) is 5.26. The number of halogens is 1. The minimum Gasteiger partial charge on any atom is -0.259 e. The Morgan fingerprint density at radius 1 is 1.21 bits per heavy atom. The van der Waals surface area contributed by atoms with E-state index in [0.717, 1.165) is 28.7 Å². The summed E-state index contributed by atoms with van der Waals surface area (Å²) in [5.41, 5.74) is 3.63. The Balaban J connectivity index is 1.56. The van der Waals surface area contributed by atoms with Gasteiger partial charge in [0.15, 0.2) is 0 Å². The van der Waals surface area contributed by atoms with Crippen molar-refractivity contribution in [2.75, 3.05) is 0 Å². The molecule has 0 N–H and O–H groups in total. The zero-order valence-corrected chi connectivity index (χ0v) is 14.3. The molecule has 0 spiro atoms. The second-order valence-electron chi connectivity index (χ2n) is 7.46. The highest BCUT2D eigenvalue weighted by Gasteiger charge is 2.54. The van der Waals surface area contributed by atoms with Crippen LogP contribution < -0.4 is 0 Å². The maximum Gasteiger partial charge on any atom is 0.143 e. The zero-order chi connectivity index (χ0) is 16.8. The van der Waals surface area contributed by atoms with Crippen LogP contribution in [0.2, 0.25) is 0 Å². The van der Waals surface area contributed by atoms with E-state index in [2.05, 4.69) is 13.2 Å². The summed E-state index contributed by atoms with van der Waals surface area (Å²) >= 11 is 0. The van der Waals surface area contributed by atoms with Crippen LogP contribution in [-0.4, -0.2) is 16.9 Å². The number of benzene rings is 1. The van der Waals surface area contributed by atoms with E-state index in [1.807, 2.05) is 37.3 Å². The van der Waals surface area contributed by atoms with Crippen molar-refractivity contribution in [3.63, 3.8) is 0 Å².